The first-order valence-corrected chi connectivity index (χ1v) is 7.57. The summed E-state index contributed by atoms with van der Waals surface area (Å²) in [4.78, 5) is 26.0. The Kier molecular flexibility index (Phi) is 4.30. The summed E-state index contributed by atoms with van der Waals surface area (Å²) in [5, 5.41) is 0.0282. The van der Waals surface area contributed by atoms with Gasteiger partial charge < -0.3 is 4.74 Å². The van der Waals surface area contributed by atoms with E-state index in [4.69, 9.17) is 27.9 Å². The van der Waals surface area contributed by atoms with Crippen molar-refractivity contribution in [3.8, 4) is 5.75 Å². The first-order chi connectivity index (χ1) is 11.4. The van der Waals surface area contributed by atoms with E-state index in [0.29, 0.717) is 11.3 Å². The molecule has 0 aromatic heterocycles. The Hall–Kier alpha value is -2.37. The molecule has 2 aromatic carbocycles. The zero-order chi connectivity index (χ0) is 17.4. The maximum absolute atomic E-state index is 13.1. The van der Waals surface area contributed by atoms with Crippen LogP contribution in [0.5, 0.6) is 5.75 Å². The summed E-state index contributed by atoms with van der Waals surface area (Å²) in [5.41, 5.74) is 0.654. The van der Waals surface area contributed by atoms with Gasteiger partial charge in [-0.1, -0.05) is 35.3 Å². The minimum Gasteiger partial charge on any atom is -0.495 e. The van der Waals surface area contributed by atoms with Gasteiger partial charge in [0.25, 0.3) is 11.8 Å². The van der Waals surface area contributed by atoms with Gasteiger partial charge in [0.1, 0.15) is 16.6 Å². The number of benzene rings is 2. The van der Waals surface area contributed by atoms with Crippen molar-refractivity contribution in [1.29, 1.82) is 0 Å². The molecule has 1 heterocycles. The van der Waals surface area contributed by atoms with Gasteiger partial charge in [0, 0.05) is 0 Å². The van der Waals surface area contributed by atoms with Gasteiger partial charge >= 0.3 is 0 Å². The third-order valence-electron chi connectivity index (χ3n) is 3.55. The lowest BCUT2D eigenvalue weighted by atomic mass is 10.1. The summed E-state index contributed by atoms with van der Waals surface area (Å²) in [6, 6.07) is 9.67. The monoisotopic (exact) mass is 365 g/mol. The van der Waals surface area contributed by atoms with Crippen LogP contribution in [0, 0.1) is 5.82 Å². The van der Waals surface area contributed by atoms with E-state index in [9.17, 15) is 14.0 Å². The average Bonchev–Trinajstić information content (AvgIpc) is 2.78. The zero-order valence-electron chi connectivity index (χ0n) is 12.3. The Morgan fingerprint density at radius 2 is 1.67 bits per heavy atom. The van der Waals surface area contributed by atoms with Crippen molar-refractivity contribution in [3.05, 3.63) is 63.9 Å². The number of ether oxygens (including phenoxy) is 1. The van der Waals surface area contributed by atoms with Crippen LogP contribution in [0.3, 0.4) is 0 Å². The molecule has 24 heavy (non-hydrogen) atoms. The quantitative estimate of drug-likeness (QED) is 0.772. The molecule has 0 saturated heterocycles. The largest absolute Gasteiger partial charge is 0.495 e. The van der Waals surface area contributed by atoms with Crippen molar-refractivity contribution >= 4 is 46.3 Å². The summed E-state index contributed by atoms with van der Waals surface area (Å²) in [6.07, 6.45) is 0. The highest BCUT2D eigenvalue weighted by Crippen LogP contribution is 2.37. The van der Waals surface area contributed by atoms with Gasteiger partial charge in [-0.25, -0.2) is 9.29 Å². The number of anilines is 1. The van der Waals surface area contributed by atoms with E-state index in [0.717, 1.165) is 4.90 Å². The molecule has 1 aliphatic rings. The van der Waals surface area contributed by atoms with Crippen LogP contribution in [0.2, 0.25) is 5.02 Å². The van der Waals surface area contributed by atoms with Gasteiger partial charge in [-0.05, 0) is 35.9 Å². The molecule has 7 heteroatoms. The summed E-state index contributed by atoms with van der Waals surface area (Å²) in [5.74, 6) is -1.30. The maximum Gasteiger partial charge on any atom is 0.277 e. The first-order valence-electron chi connectivity index (χ1n) is 6.82. The predicted molar refractivity (Wildman–Crippen MR) is 89.7 cm³/mol. The van der Waals surface area contributed by atoms with Crippen LogP contribution < -0.4 is 9.64 Å². The van der Waals surface area contributed by atoms with Crippen LogP contribution >= 0.6 is 23.2 Å². The highest BCUT2D eigenvalue weighted by atomic mass is 35.5. The Morgan fingerprint density at radius 3 is 2.25 bits per heavy atom. The third-order valence-corrected chi connectivity index (χ3v) is 4.20. The molecule has 0 spiro atoms. The van der Waals surface area contributed by atoms with E-state index < -0.39 is 17.6 Å². The van der Waals surface area contributed by atoms with Gasteiger partial charge in [-0.3, -0.25) is 9.59 Å². The maximum atomic E-state index is 13.1. The Balaban J connectivity index is 2.02. The van der Waals surface area contributed by atoms with Crippen molar-refractivity contribution in [2.45, 2.75) is 0 Å². The van der Waals surface area contributed by atoms with Gasteiger partial charge in [0.05, 0.1) is 23.4 Å². The molecule has 4 nitrogen and oxygen atoms in total. The molecule has 1 aliphatic heterocycles. The van der Waals surface area contributed by atoms with Crippen LogP contribution in [0.25, 0.3) is 5.57 Å². The van der Waals surface area contributed by atoms with Gasteiger partial charge in [-0.15, -0.1) is 0 Å². The lowest BCUT2D eigenvalue weighted by Crippen LogP contribution is -2.31. The van der Waals surface area contributed by atoms with Crippen LogP contribution in [-0.4, -0.2) is 18.9 Å². The molecule has 3 rings (SSSR count). The van der Waals surface area contributed by atoms with E-state index in [1.54, 1.807) is 6.07 Å². The number of halogens is 3. The fourth-order valence-corrected chi connectivity index (χ4v) is 2.93. The van der Waals surface area contributed by atoms with E-state index in [1.807, 2.05) is 0 Å². The van der Waals surface area contributed by atoms with Gasteiger partial charge in [0.2, 0.25) is 0 Å². The molecule has 122 valence electrons. The lowest BCUT2D eigenvalue weighted by molar-refractivity contribution is -0.119. The number of methoxy groups -OCH3 is 1. The SMILES string of the molecule is COc1ccc(N2C(=O)C(Cl)=C(c3ccc(F)cc3)C2=O)cc1Cl. The first kappa shape index (κ1) is 16.5. The highest BCUT2D eigenvalue weighted by molar-refractivity contribution is 6.60. The fraction of sp³-hybridized carbons (Fsp3) is 0.0588. The van der Waals surface area contributed by atoms with Crippen LogP contribution in [0.15, 0.2) is 47.5 Å². The molecule has 0 radical (unpaired) electrons. The third kappa shape index (κ3) is 2.66. The van der Waals surface area contributed by atoms with Crippen molar-refractivity contribution in [1.82, 2.24) is 0 Å². The second-order valence-electron chi connectivity index (χ2n) is 4.96. The normalized spacial score (nSPS) is 14.6. The van der Waals surface area contributed by atoms with Gasteiger partial charge in [-0.2, -0.15) is 0 Å². The average molecular weight is 366 g/mol. The summed E-state index contributed by atoms with van der Waals surface area (Å²) >= 11 is 12.1. The minimum absolute atomic E-state index is 0.0219. The smallest absolute Gasteiger partial charge is 0.277 e. The van der Waals surface area contributed by atoms with Crippen molar-refractivity contribution in [2.75, 3.05) is 12.0 Å². The van der Waals surface area contributed by atoms with Crippen LogP contribution in [0.4, 0.5) is 10.1 Å². The Morgan fingerprint density at radius 1 is 1.00 bits per heavy atom. The van der Waals surface area contributed by atoms with E-state index >= 15 is 0 Å². The molecule has 0 aliphatic carbocycles. The second-order valence-corrected chi connectivity index (χ2v) is 5.75. The van der Waals surface area contributed by atoms with E-state index in [-0.39, 0.29) is 21.3 Å². The van der Waals surface area contributed by atoms with Crippen LogP contribution in [0.1, 0.15) is 5.56 Å². The van der Waals surface area contributed by atoms with Crippen molar-refractivity contribution in [3.63, 3.8) is 0 Å². The number of hydrogen-bond donors (Lipinski definition) is 0. The molecular weight excluding hydrogens is 356 g/mol. The lowest BCUT2D eigenvalue weighted by Gasteiger charge is -2.16. The summed E-state index contributed by atoms with van der Waals surface area (Å²) in [6.45, 7) is 0. The molecule has 0 fully saturated rings. The molecular formula is C17H10Cl2FNO3. The topological polar surface area (TPSA) is 46.6 Å². The summed E-state index contributed by atoms with van der Waals surface area (Å²) < 4.78 is 18.1. The van der Waals surface area contributed by atoms with E-state index in [1.165, 1.54) is 43.5 Å². The zero-order valence-corrected chi connectivity index (χ0v) is 13.9. The second kappa shape index (κ2) is 6.26. The van der Waals surface area contributed by atoms with Crippen molar-refractivity contribution < 1.29 is 18.7 Å². The standard InChI is InChI=1S/C17H10Cl2FNO3/c1-24-13-7-6-11(8-12(13)18)21-16(22)14(15(19)17(21)23)9-2-4-10(20)5-3-9/h2-8H,1H3. The molecule has 0 saturated carbocycles. The minimum atomic E-state index is -0.665. The van der Waals surface area contributed by atoms with Gasteiger partial charge in [0.15, 0.2) is 0 Å². The number of hydrogen-bond acceptors (Lipinski definition) is 3. The molecule has 0 atom stereocenters. The molecule has 0 N–H and O–H groups in total. The number of nitrogens with zero attached hydrogens (tertiary/aromatic N) is 1. The van der Waals surface area contributed by atoms with E-state index in [2.05, 4.69) is 0 Å². The fourth-order valence-electron chi connectivity index (χ4n) is 2.40. The Labute approximate surface area is 147 Å². The van der Waals surface area contributed by atoms with Crippen LogP contribution in [-0.2, 0) is 9.59 Å². The molecule has 2 amide bonds. The van der Waals surface area contributed by atoms with Crippen molar-refractivity contribution in [2.24, 2.45) is 0 Å². The number of rotatable bonds is 3. The molecule has 2 aromatic rings. The highest BCUT2D eigenvalue weighted by Gasteiger charge is 2.39. The molecule has 0 unspecified atom stereocenters. The number of amides is 2. The summed E-state index contributed by atoms with van der Waals surface area (Å²) in [7, 11) is 1.46. The molecule has 0 bridgehead atoms. The number of carbonyl (C=O) groups excluding carboxylic acids is 2. The predicted octanol–water partition coefficient (Wildman–Crippen LogP) is 4.01. The Bertz CT molecular complexity index is 878. The number of imide groups is 1. The number of carbonyl (C=O) groups is 2.